The molecule has 1 aromatic carbocycles. The molecular formula is C18H23F3N2O6S. The molecule has 1 saturated heterocycles. The maximum Gasteiger partial charge on any atom is 0.416 e. The number of carbonyl (C=O) groups is 2. The molecule has 0 aromatic heterocycles. The van der Waals surface area contributed by atoms with Crippen LogP contribution in [-0.2, 0) is 35.3 Å². The van der Waals surface area contributed by atoms with Crippen molar-refractivity contribution in [1.82, 2.24) is 9.62 Å². The number of alkyl halides is 3. The van der Waals surface area contributed by atoms with Gasteiger partial charge in [-0.15, -0.1) is 0 Å². The van der Waals surface area contributed by atoms with E-state index in [1.807, 2.05) is 4.72 Å². The van der Waals surface area contributed by atoms with Gasteiger partial charge in [0.15, 0.2) is 6.10 Å². The molecular weight excluding hydrogens is 429 g/mol. The summed E-state index contributed by atoms with van der Waals surface area (Å²) in [6.07, 6.45) is -6.23. The van der Waals surface area contributed by atoms with Crippen LogP contribution in [0.25, 0.3) is 0 Å². The Morgan fingerprint density at radius 3 is 2.43 bits per heavy atom. The van der Waals surface area contributed by atoms with Gasteiger partial charge in [-0.2, -0.15) is 17.9 Å². The van der Waals surface area contributed by atoms with Crippen LogP contribution in [0.2, 0.25) is 0 Å². The van der Waals surface area contributed by atoms with Crippen LogP contribution < -0.4 is 4.72 Å². The highest BCUT2D eigenvalue weighted by atomic mass is 32.2. The van der Waals surface area contributed by atoms with E-state index < -0.39 is 51.2 Å². The number of nitrogens with zero attached hydrogens (tertiary/aromatic N) is 1. The maximum atomic E-state index is 12.8. The molecule has 0 bridgehead atoms. The molecule has 0 radical (unpaired) electrons. The van der Waals surface area contributed by atoms with Gasteiger partial charge in [0.1, 0.15) is 6.54 Å². The van der Waals surface area contributed by atoms with Gasteiger partial charge in [0.2, 0.25) is 10.0 Å². The predicted molar refractivity (Wildman–Crippen MR) is 98.8 cm³/mol. The van der Waals surface area contributed by atoms with Crippen LogP contribution in [0, 0.1) is 0 Å². The zero-order valence-corrected chi connectivity index (χ0v) is 17.4. The largest absolute Gasteiger partial charge is 0.452 e. The van der Waals surface area contributed by atoms with Gasteiger partial charge in [0, 0.05) is 13.1 Å². The van der Waals surface area contributed by atoms with E-state index in [9.17, 15) is 31.2 Å². The fraction of sp³-hybridized carbons (Fsp3) is 0.556. The van der Waals surface area contributed by atoms with Gasteiger partial charge in [-0.1, -0.05) is 6.07 Å². The van der Waals surface area contributed by atoms with Gasteiger partial charge in [-0.05, 0) is 39.0 Å². The molecule has 0 aliphatic carbocycles. The van der Waals surface area contributed by atoms with Crippen LogP contribution >= 0.6 is 0 Å². The summed E-state index contributed by atoms with van der Waals surface area (Å²) in [4.78, 5) is 25.2. The van der Waals surface area contributed by atoms with E-state index in [-0.39, 0.29) is 12.2 Å². The Kier molecular flexibility index (Phi) is 7.48. The normalized spacial score (nSPS) is 21.2. The molecule has 3 atom stereocenters. The smallest absolute Gasteiger partial charge is 0.416 e. The van der Waals surface area contributed by atoms with Crippen molar-refractivity contribution in [2.75, 3.05) is 19.6 Å². The van der Waals surface area contributed by atoms with Crippen LogP contribution in [0.1, 0.15) is 26.3 Å². The summed E-state index contributed by atoms with van der Waals surface area (Å²) in [7, 11) is -4.39. The highest BCUT2D eigenvalue weighted by Gasteiger charge is 2.32. The molecule has 1 aliphatic rings. The summed E-state index contributed by atoms with van der Waals surface area (Å²) in [5, 5.41) is 0. The molecule has 0 spiro atoms. The minimum atomic E-state index is -4.71. The minimum Gasteiger partial charge on any atom is -0.452 e. The first-order valence-electron chi connectivity index (χ1n) is 9.10. The van der Waals surface area contributed by atoms with Gasteiger partial charge in [-0.25, -0.2) is 8.42 Å². The lowest BCUT2D eigenvalue weighted by Gasteiger charge is -2.36. The average molecular weight is 452 g/mol. The molecule has 1 N–H and O–H groups in total. The molecule has 1 heterocycles. The van der Waals surface area contributed by atoms with E-state index in [2.05, 4.69) is 0 Å². The van der Waals surface area contributed by atoms with Crippen molar-refractivity contribution in [3.8, 4) is 0 Å². The lowest BCUT2D eigenvalue weighted by atomic mass is 10.2. The average Bonchev–Trinajstić information content (AvgIpc) is 2.64. The van der Waals surface area contributed by atoms with Crippen molar-refractivity contribution < 1.29 is 40.7 Å². The molecule has 30 heavy (non-hydrogen) atoms. The highest BCUT2D eigenvalue weighted by Crippen LogP contribution is 2.30. The quantitative estimate of drug-likeness (QED) is 0.658. The molecule has 0 saturated carbocycles. The second kappa shape index (κ2) is 9.31. The Bertz CT molecular complexity index is 880. The standard InChI is InChI=1S/C18H23F3N2O6S/c1-11-9-23(10-12(2)28-11)17(25)13(3)29-16(24)8-22-30(26,27)15-6-4-5-14(7-15)18(19,20)21/h4-7,11-13,22H,8-10H2,1-3H3. The first-order chi connectivity index (χ1) is 13.8. The Morgan fingerprint density at radius 1 is 1.27 bits per heavy atom. The highest BCUT2D eigenvalue weighted by molar-refractivity contribution is 7.89. The number of amides is 1. The van der Waals surface area contributed by atoms with Crippen LogP contribution in [0.4, 0.5) is 13.2 Å². The molecule has 1 fully saturated rings. The van der Waals surface area contributed by atoms with Crippen molar-refractivity contribution in [3.63, 3.8) is 0 Å². The third-order valence-electron chi connectivity index (χ3n) is 4.27. The number of ether oxygens (including phenoxy) is 2. The number of nitrogens with one attached hydrogen (secondary N) is 1. The first kappa shape index (κ1) is 24.1. The summed E-state index contributed by atoms with van der Waals surface area (Å²) >= 11 is 0. The molecule has 8 nitrogen and oxygen atoms in total. The Hall–Kier alpha value is -2.18. The van der Waals surface area contributed by atoms with Crippen molar-refractivity contribution >= 4 is 21.9 Å². The molecule has 2 rings (SSSR count). The lowest BCUT2D eigenvalue weighted by molar-refractivity contribution is -0.163. The molecule has 1 aliphatic heterocycles. The van der Waals surface area contributed by atoms with E-state index in [1.165, 1.54) is 11.8 Å². The van der Waals surface area contributed by atoms with Crippen molar-refractivity contribution in [1.29, 1.82) is 0 Å². The van der Waals surface area contributed by atoms with Gasteiger partial charge in [-0.3, -0.25) is 9.59 Å². The van der Waals surface area contributed by atoms with E-state index in [1.54, 1.807) is 13.8 Å². The number of benzene rings is 1. The molecule has 12 heteroatoms. The molecule has 168 valence electrons. The summed E-state index contributed by atoms with van der Waals surface area (Å²) in [6, 6.07) is 3.10. The second-order valence-electron chi connectivity index (χ2n) is 6.98. The summed E-state index contributed by atoms with van der Waals surface area (Å²) < 4.78 is 75.0. The van der Waals surface area contributed by atoms with Crippen LogP contribution in [0.3, 0.4) is 0 Å². The van der Waals surface area contributed by atoms with Crippen molar-refractivity contribution in [2.24, 2.45) is 0 Å². The SMILES string of the molecule is CC1CN(C(=O)C(C)OC(=O)CNS(=O)(=O)c2cccc(C(F)(F)F)c2)CC(C)O1. The number of hydrogen-bond acceptors (Lipinski definition) is 6. The van der Waals surface area contributed by atoms with Crippen molar-refractivity contribution in [2.45, 2.75) is 50.2 Å². The van der Waals surface area contributed by atoms with Crippen LogP contribution in [-0.4, -0.2) is 63.1 Å². The zero-order valence-electron chi connectivity index (χ0n) is 16.6. The van der Waals surface area contributed by atoms with Gasteiger partial charge < -0.3 is 14.4 Å². The van der Waals surface area contributed by atoms with Gasteiger partial charge >= 0.3 is 12.1 Å². The number of morpholine rings is 1. The Morgan fingerprint density at radius 2 is 1.87 bits per heavy atom. The van der Waals surface area contributed by atoms with Crippen molar-refractivity contribution in [3.05, 3.63) is 29.8 Å². The van der Waals surface area contributed by atoms with E-state index in [0.717, 1.165) is 18.2 Å². The molecule has 1 amide bonds. The number of sulfonamides is 1. The van der Waals surface area contributed by atoms with E-state index in [4.69, 9.17) is 9.47 Å². The summed E-state index contributed by atoms with van der Waals surface area (Å²) in [6.45, 7) is 4.77. The second-order valence-corrected chi connectivity index (χ2v) is 8.75. The fourth-order valence-corrected chi connectivity index (χ4v) is 4.00. The topological polar surface area (TPSA) is 102 Å². The fourth-order valence-electron chi connectivity index (χ4n) is 2.98. The van der Waals surface area contributed by atoms with Gasteiger partial charge in [0.05, 0.1) is 22.7 Å². The van der Waals surface area contributed by atoms with Gasteiger partial charge in [0.25, 0.3) is 5.91 Å². The predicted octanol–water partition coefficient (Wildman–Crippen LogP) is 1.55. The number of esters is 1. The first-order valence-corrected chi connectivity index (χ1v) is 10.6. The number of carbonyl (C=O) groups excluding carboxylic acids is 2. The van der Waals surface area contributed by atoms with E-state index in [0.29, 0.717) is 19.2 Å². The monoisotopic (exact) mass is 452 g/mol. The lowest BCUT2D eigenvalue weighted by Crippen LogP contribution is -2.51. The molecule has 3 unspecified atom stereocenters. The maximum absolute atomic E-state index is 12.8. The Labute approximate surface area is 172 Å². The number of rotatable bonds is 6. The molecule has 1 aromatic rings. The number of hydrogen-bond donors (Lipinski definition) is 1. The van der Waals surface area contributed by atoms with Crippen LogP contribution in [0.5, 0.6) is 0 Å². The summed E-state index contributed by atoms with van der Waals surface area (Å²) in [5.74, 6) is -1.49. The third-order valence-corrected chi connectivity index (χ3v) is 5.66. The minimum absolute atomic E-state index is 0.181. The number of halogens is 3. The summed E-state index contributed by atoms with van der Waals surface area (Å²) in [5.41, 5.74) is -1.14. The third kappa shape index (κ3) is 6.41. The van der Waals surface area contributed by atoms with Crippen LogP contribution in [0.15, 0.2) is 29.2 Å². The Balaban J connectivity index is 1.94. The van der Waals surface area contributed by atoms with E-state index >= 15 is 0 Å². The zero-order chi connectivity index (χ0) is 22.7.